The van der Waals surface area contributed by atoms with Crippen molar-refractivity contribution in [3.05, 3.63) is 59.7 Å². The van der Waals surface area contributed by atoms with E-state index in [1.165, 1.54) is 11.1 Å². The number of hydrogen-bond donors (Lipinski definition) is 1. The van der Waals surface area contributed by atoms with Gasteiger partial charge in [-0.25, -0.2) is 4.68 Å². The fourth-order valence-electron chi connectivity index (χ4n) is 2.56. The number of tetrazole rings is 1. The van der Waals surface area contributed by atoms with Crippen molar-refractivity contribution in [1.29, 1.82) is 0 Å². The van der Waals surface area contributed by atoms with Gasteiger partial charge in [0, 0.05) is 24.7 Å². The zero-order valence-corrected chi connectivity index (χ0v) is 13.7. The highest BCUT2D eigenvalue weighted by atomic mass is 16.1. The molecule has 0 bridgehead atoms. The van der Waals surface area contributed by atoms with Crippen LogP contribution in [-0.2, 0) is 18.3 Å². The van der Waals surface area contributed by atoms with Crippen LogP contribution in [0.2, 0.25) is 0 Å². The molecule has 1 heterocycles. The number of aryl methyl sites for hydroxylation is 3. The minimum absolute atomic E-state index is 0.00949. The molecule has 1 aromatic heterocycles. The third-order valence-electron chi connectivity index (χ3n) is 3.75. The third-order valence-corrected chi connectivity index (χ3v) is 3.75. The van der Waals surface area contributed by atoms with E-state index in [2.05, 4.69) is 39.9 Å². The molecule has 2 aromatic carbocycles. The van der Waals surface area contributed by atoms with Crippen LogP contribution < -0.4 is 5.32 Å². The zero-order chi connectivity index (χ0) is 16.9. The van der Waals surface area contributed by atoms with Crippen LogP contribution in [0, 0.1) is 6.92 Å². The SMILES string of the molecule is Cc1cccc(CCC(=O)Nc2cccc(-c3nnnn3C)c2)c1. The van der Waals surface area contributed by atoms with E-state index in [1.807, 2.05) is 36.4 Å². The number of hydrogen-bond acceptors (Lipinski definition) is 4. The number of rotatable bonds is 5. The van der Waals surface area contributed by atoms with Crippen LogP contribution in [0.15, 0.2) is 48.5 Å². The normalized spacial score (nSPS) is 10.6. The molecule has 6 heteroatoms. The minimum Gasteiger partial charge on any atom is -0.326 e. The molecule has 0 atom stereocenters. The van der Waals surface area contributed by atoms with Gasteiger partial charge in [-0.1, -0.05) is 42.0 Å². The molecule has 3 aromatic rings. The van der Waals surface area contributed by atoms with E-state index < -0.39 is 0 Å². The molecule has 1 N–H and O–H groups in total. The Morgan fingerprint density at radius 2 is 2.00 bits per heavy atom. The number of nitrogens with zero attached hydrogens (tertiary/aromatic N) is 4. The number of aromatic nitrogens is 4. The topological polar surface area (TPSA) is 72.7 Å². The van der Waals surface area contributed by atoms with Gasteiger partial charge in [-0.2, -0.15) is 0 Å². The number of benzene rings is 2. The predicted molar refractivity (Wildman–Crippen MR) is 92.4 cm³/mol. The number of nitrogens with one attached hydrogen (secondary N) is 1. The summed E-state index contributed by atoms with van der Waals surface area (Å²) in [6, 6.07) is 15.7. The molecule has 1 amide bonds. The average molecular weight is 321 g/mol. The van der Waals surface area contributed by atoms with Gasteiger partial charge in [0.2, 0.25) is 5.91 Å². The van der Waals surface area contributed by atoms with Crippen LogP contribution in [0.25, 0.3) is 11.4 Å². The molecular formula is C18H19N5O. The van der Waals surface area contributed by atoms with Crippen molar-refractivity contribution in [1.82, 2.24) is 20.2 Å². The lowest BCUT2D eigenvalue weighted by molar-refractivity contribution is -0.116. The Hall–Kier alpha value is -3.02. The molecule has 0 saturated heterocycles. The number of anilines is 1. The maximum absolute atomic E-state index is 12.2. The van der Waals surface area contributed by atoms with E-state index in [1.54, 1.807) is 11.7 Å². The zero-order valence-electron chi connectivity index (χ0n) is 13.7. The molecule has 3 rings (SSSR count). The summed E-state index contributed by atoms with van der Waals surface area (Å²) in [7, 11) is 1.78. The van der Waals surface area contributed by atoms with Gasteiger partial charge in [-0.05, 0) is 41.5 Å². The van der Waals surface area contributed by atoms with Gasteiger partial charge in [0.1, 0.15) is 0 Å². The number of carbonyl (C=O) groups excluding carboxylic acids is 1. The van der Waals surface area contributed by atoms with Crippen molar-refractivity contribution in [2.24, 2.45) is 7.05 Å². The van der Waals surface area contributed by atoms with Crippen molar-refractivity contribution in [2.75, 3.05) is 5.32 Å². The summed E-state index contributed by atoms with van der Waals surface area (Å²) in [6.07, 6.45) is 1.17. The number of amides is 1. The smallest absolute Gasteiger partial charge is 0.224 e. The molecule has 0 aliphatic carbocycles. The fourth-order valence-corrected chi connectivity index (χ4v) is 2.56. The molecule has 0 aliphatic rings. The lowest BCUT2D eigenvalue weighted by Crippen LogP contribution is -2.12. The van der Waals surface area contributed by atoms with Crippen LogP contribution in [0.5, 0.6) is 0 Å². The van der Waals surface area contributed by atoms with Gasteiger partial charge in [-0.3, -0.25) is 4.79 Å². The lowest BCUT2D eigenvalue weighted by atomic mass is 10.1. The van der Waals surface area contributed by atoms with Gasteiger partial charge < -0.3 is 5.32 Å². The second-order valence-corrected chi connectivity index (χ2v) is 5.74. The molecule has 0 fully saturated rings. The molecule has 24 heavy (non-hydrogen) atoms. The Balaban J connectivity index is 1.63. The van der Waals surface area contributed by atoms with Crippen LogP contribution in [0.3, 0.4) is 0 Å². The highest BCUT2D eigenvalue weighted by Gasteiger charge is 2.08. The quantitative estimate of drug-likeness (QED) is 0.784. The highest BCUT2D eigenvalue weighted by molar-refractivity contribution is 5.91. The maximum atomic E-state index is 12.2. The van der Waals surface area contributed by atoms with Gasteiger partial charge in [0.05, 0.1) is 0 Å². The van der Waals surface area contributed by atoms with E-state index in [-0.39, 0.29) is 5.91 Å². The summed E-state index contributed by atoms with van der Waals surface area (Å²) < 4.78 is 1.60. The molecule has 0 saturated carbocycles. The summed E-state index contributed by atoms with van der Waals surface area (Å²) in [5.41, 5.74) is 3.98. The van der Waals surface area contributed by atoms with Crippen LogP contribution in [0.1, 0.15) is 17.5 Å². The Morgan fingerprint density at radius 1 is 1.17 bits per heavy atom. The summed E-state index contributed by atoms with van der Waals surface area (Å²) in [5.74, 6) is 0.649. The monoisotopic (exact) mass is 321 g/mol. The van der Waals surface area contributed by atoms with Crippen LogP contribution in [0.4, 0.5) is 5.69 Å². The van der Waals surface area contributed by atoms with E-state index in [0.717, 1.165) is 17.7 Å². The molecule has 0 spiro atoms. The summed E-state index contributed by atoms with van der Waals surface area (Å²) in [5, 5.41) is 14.4. The Morgan fingerprint density at radius 3 is 2.75 bits per heavy atom. The van der Waals surface area contributed by atoms with E-state index in [9.17, 15) is 4.79 Å². The summed E-state index contributed by atoms with van der Waals surface area (Å²) >= 11 is 0. The largest absolute Gasteiger partial charge is 0.326 e. The molecule has 6 nitrogen and oxygen atoms in total. The molecule has 0 radical (unpaired) electrons. The van der Waals surface area contributed by atoms with Gasteiger partial charge in [-0.15, -0.1) is 5.10 Å². The van der Waals surface area contributed by atoms with Crippen LogP contribution in [-0.4, -0.2) is 26.1 Å². The van der Waals surface area contributed by atoms with Gasteiger partial charge in [0.15, 0.2) is 5.82 Å². The average Bonchev–Trinajstić information content (AvgIpc) is 2.99. The third kappa shape index (κ3) is 3.84. The maximum Gasteiger partial charge on any atom is 0.224 e. The van der Waals surface area contributed by atoms with Crippen molar-refractivity contribution >= 4 is 11.6 Å². The van der Waals surface area contributed by atoms with Crippen molar-refractivity contribution < 1.29 is 4.79 Å². The van der Waals surface area contributed by atoms with Crippen molar-refractivity contribution in [3.8, 4) is 11.4 Å². The highest BCUT2D eigenvalue weighted by Crippen LogP contribution is 2.19. The Kier molecular flexibility index (Phi) is 4.65. The second kappa shape index (κ2) is 7.04. The molecular weight excluding hydrogens is 302 g/mol. The lowest BCUT2D eigenvalue weighted by Gasteiger charge is -2.07. The standard InChI is InChI=1S/C18H19N5O/c1-13-5-3-6-14(11-13)9-10-17(24)19-16-8-4-7-15(12-16)18-20-21-22-23(18)2/h3-8,11-12H,9-10H2,1-2H3,(H,19,24). The first kappa shape index (κ1) is 15.9. The predicted octanol–water partition coefficient (Wildman–Crippen LogP) is 2.76. The first-order valence-electron chi connectivity index (χ1n) is 7.80. The molecule has 122 valence electrons. The van der Waals surface area contributed by atoms with Crippen molar-refractivity contribution in [2.45, 2.75) is 19.8 Å². The van der Waals surface area contributed by atoms with Crippen LogP contribution >= 0.6 is 0 Å². The summed E-state index contributed by atoms with van der Waals surface area (Å²) in [6.45, 7) is 2.05. The Bertz CT molecular complexity index is 856. The second-order valence-electron chi connectivity index (χ2n) is 5.74. The van der Waals surface area contributed by atoms with Gasteiger partial charge >= 0.3 is 0 Å². The van der Waals surface area contributed by atoms with Gasteiger partial charge in [0.25, 0.3) is 0 Å². The van der Waals surface area contributed by atoms with E-state index >= 15 is 0 Å². The summed E-state index contributed by atoms with van der Waals surface area (Å²) in [4.78, 5) is 12.2. The number of carbonyl (C=O) groups is 1. The first-order valence-corrected chi connectivity index (χ1v) is 7.80. The Labute approximate surface area is 140 Å². The molecule has 0 unspecified atom stereocenters. The van der Waals surface area contributed by atoms with E-state index in [0.29, 0.717) is 12.2 Å². The minimum atomic E-state index is -0.00949. The van der Waals surface area contributed by atoms with Crippen molar-refractivity contribution in [3.63, 3.8) is 0 Å². The fraction of sp³-hybridized carbons (Fsp3) is 0.222. The molecule has 0 aliphatic heterocycles. The first-order chi connectivity index (χ1) is 11.6. The van der Waals surface area contributed by atoms with E-state index in [4.69, 9.17) is 0 Å².